The first-order valence-electron chi connectivity index (χ1n) is 2.50. The molecule has 8 heavy (non-hydrogen) atoms. The van der Waals surface area contributed by atoms with Crippen LogP contribution < -0.4 is 5.73 Å². The van der Waals surface area contributed by atoms with Crippen LogP contribution in [0.25, 0.3) is 0 Å². The second kappa shape index (κ2) is 1.67. The molecule has 1 aliphatic rings. The molecule has 0 saturated heterocycles. The van der Waals surface area contributed by atoms with E-state index in [-0.39, 0.29) is 24.4 Å². The lowest BCUT2D eigenvalue weighted by Gasteiger charge is -1.90. The molecule has 0 aromatic carbocycles. The molecule has 0 aliphatic heterocycles. The van der Waals surface area contributed by atoms with Gasteiger partial charge in [0.15, 0.2) is 5.78 Å². The first-order valence-corrected chi connectivity index (χ1v) is 2.50. The van der Waals surface area contributed by atoms with E-state index in [9.17, 15) is 9.59 Å². The average molecular weight is 113 g/mol. The van der Waals surface area contributed by atoms with Crippen LogP contribution in [-0.4, -0.2) is 17.6 Å². The molecule has 2 N–H and O–H groups in total. The number of carbonyl (C=O) groups is 2. The molecule has 0 amide bonds. The van der Waals surface area contributed by atoms with Gasteiger partial charge in [-0.05, 0) is 0 Å². The Bertz CT molecular complexity index is 141. The third-order valence-corrected chi connectivity index (χ3v) is 1.23. The third kappa shape index (κ3) is 0.767. The fourth-order valence-electron chi connectivity index (χ4n) is 0.757. The normalized spacial score (nSPS) is 29.4. The molecular formula is C5H7NO2. The van der Waals surface area contributed by atoms with Crippen LogP contribution in [0.2, 0.25) is 0 Å². The molecule has 0 aromatic heterocycles. The smallest absolute Gasteiger partial charge is 0.157 e. The van der Waals surface area contributed by atoms with Gasteiger partial charge in [-0.25, -0.2) is 0 Å². The quantitative estimate of drug-likeness (QED) is 0.420. The van der Waals surface area contributed by atoms with Gasteiger partial charge < -0.3 is 5.73 Å². The van der Waals surface area contributed by atoms with Crippen molar-refractivity contribution in [2.75, 3.05) is 0 Å². The zero-order valence-electron chi connectivity index (χ0n) is 4.39. The lowest BCUT2D eigenvalue weighted by atomic mass is 10.3. The molecule has 3 nitrogen and oxygen atoms in total. The Kier molecular flexibility index (Phi) is 1.13. The molecule has 3 heteroatoms. The molecule has 44 valence electrons. The van der Waals surface area contributed by atoms with Gasteiger partial charge in [-0.2, -0.15) is 0 Å². The molecule has 1 fully saturated rings. The van der Waals surface area contributed by atoms with E-state index in [0.717, 1.165) is 0 Å². The standard InChI is InChI=1S/C5H7NO2/c6-4-1-3(7)2-5(4)8/h4H,1-2,6H2/t4-/m0/s1. The molecule has 0 radical (unpaired) electrons. The summed E-state index contributed by atoms with van der Waals surface area (Å²) in [6.07, 6.45) is 0.306. The van der Waals surface area contributed by atoms with Crippen LogP contribution in [-0.2, 0) is 9.59 Å². The van der Waals surface area contributed by atoms with Gasteiger partial charge in [-0.3, -0.25) is 9.59 Å². The molecule has 1 saturated carbocycles. The molecule has 0 bridgehead atoms. The van der Waals surface area contributed by atoms with Crippen molar-refractivity contribution in [3.8, 4) is 0 Å². The zero-order valence-corrected chi connectivity index (χ0v) is 4.39. The fraction of sp³-hybridized carbons (Fsp3) is 0.600. The maximum atomic E-state index is 10.4. The monoisotopic (exact) mass is 113 g/mol. The summed E-state index contributed by atoms with van der Waals surface area (Å²) in [5, 5.41) is 0. The second-order valence-electron chi connectivity index (χ2n) is 1.99. The van der Waals surface area contributed by atoms with Crippen LogP contribution in [0.5, 0.6) is 0 Å². The van der Waals surface area contributed by atoms with Crippen LogP contribution in [0.3, 0.4) is 0 Å². The lowest BCUT2D eigenvalue weighted by Crippen LogP contribution is -2.23. The van der Waals surface area contributed by atoms with Gasteiger partial charge in [-0.1, -0.05) is 0 Å². The number of hydrogen-bond acceptors (Lipinski definition) is 3. The molecule has 1 rings (SSSR count). The summed E-state index contributed by atoms with van der Waals surface area (Å²) in [4.78, 5) is 20.8. The Morgan fingerprint density at radius 2 is 2.12 bits per heavy atom. The van der Waals surface area contributed by atoms with Crippen molar-refractivity contribution in [2.45, 2.75) is 18.9 Å². The van der Waals surface area contributed by atoms with Crippen molar-refractivity contribution in [2.24, 2.45) is 5.73 Å². The van der Waals surface area contributed by atoms with Crippen molar-refractivity contribution in [3.05, 3.63) is 0 Å². The number of carbonyl (C=O) groups excluding carboxylic acids is 2. The Balaban J connectivity index is 2.64. The summed E-state index contributed by atoms with van der Waals surface area (Å²) < 4.78 is 0. The lowest BCUT2D eigenvalue weighted by molar-refractivity contribution is -0.121. The van der Waals surface area contributed by atoms with Gasteiger partial charge in [0.25, 0.3) is 0 Å². The molecule has 0 unspecified atom stereocenters. The van der Waals surface area contributed by atoms with Crippen LogP contribution in [0.15, 0.2) is 0 Å². The van der Waals surface area contributed by atoms with Crippen molar-refractivity contribution >= 4 is 11.6 Å². The summed E-state index contributed by atoms with van der Waals surface area (Å²) in [5.41, 5.74) is 5.20. The van der Waals surface area contributed by atoms with Crippen LogP contribution in [0.1, 0.15) is 12.8 Å². The van der Waals surface area contributed by atoms with Crippen molar-refractivity contribution in [1.82, 2.24) is 0 Å². The number of Topliss-reactive ketones (excluding diaryl/α,β-unsaturated/α-hetero) is 2. The van der Waals surface area contributed by atoms with Crippen LogP contribution in [0.4, 0.5) is 0 Å². The van der Waals surface area contributed by atoms with Crippen molar-refractivity contribution in [3.63, 3.8) is 0 Å². The van der Waals surface area contributed by atoms with E-state index in [1.807, 2.05) is 0 Å². The van der Waals surface area contributed by atoms with Gasteiger partial charge in [0.05, 0.1) is 12.5 Å². The molecule has 0 spiro atoms. The third-order valence-electron chi connectivity index (χ3n) is 1.23. The highest BCUT2D eigenvalue weighted by atomic mass is 16.2. The maximum Gasteiger partial charge on any atom is 0.157 e. The number of nitrogens with two attached hydrogens (primary N) is 1. The largest absolute Gasteiger partial charge is 0.321 e. The zero-order chi connectivity index (χ0) is 6.15. The summed E-state index contributed by atoms with van der Waals surface area (Å²) >= 11 is 0. The fourth-order valence-corrected chi connectivity index (χ4v) is 0.757. The van der Waals surface area contributed by atoms with Gasteiger partial charge in [-0.15, -0.1) is 0 Å². The van der Waals surface area contributed by atoms with Crippen LogP contribution in [0, 0.1) is 0 Å². The van der Waals surface area contributed by atoms with Crippen LogP contribution >= 0.6 is 0 Å². The van der Waals surface area contributed by atoms with Crippen molar-refractivity contribution < 1.29 is 9.59 Å². The minimum Gasteiger partial charge on any atom is -0.321 e. The summed E-state index contributed by atoms with van der Waals surface area (Å²) in [5.74, 6) is -0.141. The average Bonchev–Trinajstić information content (AvgIpc) is 1.85. The SMILES string of the molecule is N[C@H]1CC(=O)CC1=O. The first-order chi connectivity index (χ1) is 3.70. The number of ketones is 2. The minimum absolute atomic E-state index is 0.0255. The Labute approximate surface area is 46.9 Å². The first kappa shape index (κ1) is 5.44. The van der Waals surface area contributed by atoms with Gasteiger partial charge >= 0.3 is 0 Å². The molecule has 0 aromatic rings. The van der Waals surface area contributed by atoms with Crippen molar-refractivity contribution in [1.29, 1.82) is 0 Å². The highest BCUT2D eigenvalue weighted by Gasteiger charge is 2.26. The van der Waals surface area contributed by atoms with E-state index in [4.69, 9.17) is 5.73 Å². The van der Waals surface area contributed by atoms with Gasteiger partial charge in [0.1, 0.15) is 5.78 Å². The molecule has 1 atom stereocenters. The number of hydrogen-bond donors (Lipinski definition) is 1. The predicted molar refractivity (Wildman–Crippen MR) is 27.2 cm³/mol. The highest BCUT2D eigenvalue weighted by Crippen LogP contribution is 2.07. The summed E-state index contributed by atoms with van der Waals surface area (Å²) in [7, 11) is 0. The summed E-state index contributed by atoms with van der Waals surface area (Å²) in [6, 6.07) is -0.498. The second-order valence-corrected chi connectivity index (χ2v) is 1.99. The number of rotatable bonds is 0. The predicted octanol–water partition coefficient (Wildman–Crippen LogP) is -0.754. The topological polar surface area (TPSA) is 60.2 Å². The van der Waals surface area contributed by atoms with E-state index in [0.29, 0.717) is 0 Å². The molecule has 1 aliphatic carbocycles. The van der Waals surface area contributed by atoms with Gasteiger partial charge in [0, 0.05) is 6.42 Å². The maximum absolute atomic E-state index is 10.4. The van der Waals surface area contributed by atoms with E-state index in [1.54, 1.807) is 0 Å². The summed E-state index contributed by atoms with van der Waals surface area (Å²) in [6.45, 7) is 0. The Morgan fingerprint density at radius 1 is 1.50 bits per heavy atom. The van der Waals surface area contributed by atoms with E-state index >= 15 is 0 Å². The highest BCUT2D eigenvalue weighted by molar-refractivity contribution is 6.08. The van der Waals surface area contributed by atoms with E-state index in [1.165, 1.54) is 0 Å². The molecule has 0 heterocycles. The Hall–Kier alpha value is -0.700. The molecular weight excluding hydrogens is 106 g/mol. The van der Waals surface area contributed by atoms with E-state index < -0.39 is 6.04 Å². The Morgan fingerprint density at radius 3 is 2.25 bits per heavy atom. The van der Waals surface area contributed by atoms with Gasteiger partial charge in [0.2, 0.25) is 0 Å². The van der Waals surface area contributed by atoms with E-state index in [2.05, 4.69) is 0 Å². The minimum atomic E-state index is -0.498.